The summed E-state index contributed by atoms with van der Waals surface area (Å²) in [4.78, 5) is 12.9. The van der Waals surface area contributed by atoms with Gasteiger partial charge in [-0.15, -0.1) is 10.2 Å². The Morgan fingerprint density at radius 2 is 1.59 bits per heavy atom. The minimum Gasteiger partial charge on any atom is -0.399 e. The third kappa shape index (κ3) is 6.59. The Kier molecular flexibility index (Phi) is 8.37. The van der Waals surface area contributed by atoms with Crippen LogP contribution in [0.2, 0.25) is 0 Å². The molecule has 41 heavy (non-hydrogen) atoms. The van der Waals surface area contributed by atoms with Crippen molar-refractivity contribution in [1.29, 1.82) is 0 Å². The van der Waals surface area contributed by atoms with Crippen LogP contribution in [0.25, 0.3) is 5.69 Å². The van der Waals surface area contributed by atoms with Crippen molar-refractivity contribution in [3.63, 3.8) is 0 Å². The van der Waals surface area contributed by atoms with Gasteiger partial charge in [-0.3, -0.25) is 13.7 Å². The number of rotatable bonds is 10. The fourth-order valence-electron chi connectivity index (χ4n) is 4.15. The van der Waals surface area contributed by atoms with E-state index in [2.05, 4.69) is 15.5 Å². The molecule has 0 fully saturated rings. The number of sulfonamides is 1. The number of carbonyl (C=O) groups excluding carboxylic acids is 1. The number of benzene rings is 4. The highest BCUT2D eigenvalue weighted by Crippen LogP contribution is 2.29. The lowest BCUT2D eigenvalue weighted by Crippen LogP contribution is -2.31. The highest BCUT2D eigenvalue weighted by molar-refractivity contribution is 7.99. The maximum absolute atomic E-state index is 13.9. The van der Waals surface area contributed by atoms with E-state index in [0.717, 1.165) is 11.3 Å². The van der Waals surface area contributed by atoms with E-state index >= 15 is 0 Å². The number of aromatic nitrogens is 3. The first-order valence-corrected chi connectivity index (χ1v) is 15.2. The van der Waals surface area contributed by atoms with Crippen molar-refractivity contribution in [3.05, 3.63) is 121 Å². The van der Waals surface area contributed by atoms with E-state index in [1.807, 2.05) is 43.3 Å². The van der Waals surface area contributed by atoms with E-state index in [1.165, 1.54) is 16.1 Å². The largest absolute Gasteiger partial charge is 0.399 e. The van der Waals surface area contributed by atoms with Gasteiger partial charge < -0.3 is 11.1 Å². The Morgan fingerprint density at radius 3 is 2.27 bits per heavy atom. The molecule has 4 aromatic carbocycles. The average molecular weight is 585 g/mol. The van der Waals surface area contributed by atoms with Crippen LogP contribution in [0.4, 0.5) is 17.1 Å². The summed E-state index contributed by atoms with van der Waals surface area (Å²) in [7, 11) is -3.95. The highest BCUT2D eigenvalue weighted by Gasteiger charge is 2.28. The molecule has 208 valence electrons. The Hall–Kier alpha value is -4.61. The lowest BCUT2D eigenvalue weighted by molar-refractivity contribution is -0.113. The Labute approximate surface area is 243 Å². The number of thioether (sulfide) groups is 1. The fraction of sp³-hybridized carbons (Fsp3) is 0.100. The summed E-state index contributed by atoms with van der Waals surface area (Å²) >= 11 is 1.20. The molecule has 1 heterocycles. The molecule has 0 unspecified atom stereocenters. The molecule has 0 spiro atoms. The first-order chi connectivity index (χ1) is 19.8. The lowest BCUT2D eigenvalue weighted by atomic mass is 10.2. The maximum Gasteiger partial charge on any atom is 0.264 e. The predicted molar refractivity (Wildman–Crippen MR) is 163 cm³/mol. The number of amides is 1. The number of nitrogens with one attached hydrogen (secondary N) is 1. The van der Waals surface area contributed by atoms with Crippen molar-refractivity contribution in [2.75, 3.05) is 21.1 Å². The van der Waals surface area contributed by atoms with Gasteiger partial charge in [0.2, 0.25) is 5.91 Å². The maximum atomic E-state index is 13.9. The van der Waals surface area contributed by atoms with E-state index in [0.29, 0.717) is 28.0 Å². The van der Waals surface area contributed by atoms with Gasteiger partial charge >= 0.3 is 0 Å². The summed E-state index contributed by atoms with van der Waals surface area (Å²) in [5, 5.41) is 12.0. The molecule has 9 nitrogen and oxygen atoms in total. The van der Waals surface area contributed by atoms with Crippen LogP contribution in [0.15, 0.2) is 119 Å². The van der Waals surface area contributed by atoms with Crippen LogP contribution >= 0.6 is 11.8 Å². The van der Waals surface area contributed by atoms with Crippen LogP contribution in [0, 0.1) is 6.92 Å². The summed E-state index contributed by atoms with van der Waals surface area (Å²) in [6.45, 7) is 1.82. The Morgan fingerprint density at radius 1 is 0.902 bits per heavy atom. The molecule has 0 saturated carbocycles. The monoisotopic (exact) mass is 584 g/mol. The van der Waals surface area contributed by atoms with Crippen LogP contribution in [0.5, 0.6) is 0 Å². The fourth-order valence-corrected chi connectivity index (χ4v) is 6.34. The van der Waals surface area contributed by atoms with Crippen molar-refractivity contribution in [2.24, 2.45) is 0 Å². The van der Waals surface area contributed by atoms with E-state index in [9.17, 15) is 13.2 Å². The van der Waals surface area contributed by atoms with Crippen LogP contribution in [-0.4, -0.2) is 34.8 Å². The third-order valence-corrected chi connectivity index (χ3v) is 8.87. The van der Waals surface area contributed by atoms with Crippen LogP contribution in [-0.2, 0) is 21.4 Å². The summed E-state index contributed by atoms with van der Waals surface area (Å²) < 4.78 is 30.9. The molecule has 5 aromatic rings. The average Bonchev–Trinajstić information content (AvgIpc) is 3.38. The summed E-state index contributed by atoms with van der Waals surface area (Å²) in [5.74, 6) is 0.219. The molecule has 0 aliphatic rings. The number of anilines is 3. The van der Waals surface area contributed by atoms with Crippen molar-refractivity contribution in [2.45, 2.75) is 23.5 Å². The zero-order chi connectivity index (χ0) is 28.8. The van der Waals surface area contributed by atoms with Gasteiger partial charge in [-0.1, -0.05) is 71.9 Å². The second-order valence-corrected chi connectivity index (χ2v) is 12.0. The highest BCUT2D eigenvalue weighted by atomic mass is 32.2. The topological polar surface area (TPSA) is 123 Å². The first kappa shape index (κ1) is 27.9. The van der Waals surface area contributed by atoms with Crippen molar-refractivity contribution in [1.82, 2.24) is 14.8 Å². The van der Waals surface area contributed by atoms with Crippen LogP contribution in [0.1, 0.15) is 11.4 Å². The van der Waals surface area contributed by atoms with Gasteiger partial charge in [0.25, 0.3) is 10.0 Å². The van der Waals surface area contributed by atoms with Gasteiger partial charge in [0.1, 0.15) is 0 Å². The molecule has 0 saturated heterocycles. The number of para-hydroxylation sites is 2. The molecular formula is C30H28N6O3S2. The summed E-state index contributed by atoms with van der Waals surface area (Å²) in [6, 6.07) is 32.0. The molecule has 0 atom stereocenters. The number of nitrogens with two attached hydrogens (primary N) is 1. The van der Waals surface area contributed by atoms with Crippen molar-refractivity contribution >= 4 is 44.8 Å². The summed E-state index contributed by atoms with van der Waals surface area (Å²) in [6.07, 6.45) is 0. The van der Waals surface area contributed by atoms with Crippen molar-refractivity contribution in [3.8, 4) is 5.69 Å². The minimum absolute atomic E-state index is 0.0594. The van der Waals surface area contributed by atoms with Crippen LogP contribution in [0.3, 0.4) is 0 Å². The van der Waals surface area contributed by atoms with E-state index < -0.39 is 10.0 Å². The number of nitrogen functional groups attached to an aromatic ring is 1. The van der Waals surface area contributed by atoms with Crippen LogP contribution < -0.4 is 15.4 Å². The molecule has 5 rings (SSSR count). The van der Waals surface area contributed by atoms with Gasteiger partial charge in [-0.2, -0.15) is 0 Å². The number of aryl methyl sites for hydroxylation is 1. The Bertz CT molecular complexity index is 1740. The standard InChI is InChI=1S/C30H28N6O3S2/c1-22-15-17-27(18-16-22)41(38,39)35(25-11-4-2-5-12-25)20-28-33-34-30(36(28)26-13-6-3-7-14-26)40-21-29(37)32-24-10-8-9-23(31)19-24/h2-19H,20-21,31H2,1H3,(H,32,37). The molecular weight excluding hydrogens is 557 g/mol. The SMILES string of the molecule is Cc1ccc(S(=O)(=O)N(Cc2nnc(SCC(=O)Nc3cccc(N)c3)n2-c2ccccc2)c2ccccc2)cc1. The number of hydrogen-bond donors (Lipinski definition) is 2. The smallest absolute Gasteiger partial charge is 0.264 e. The molecule has 0 bridgehead atoms. The Balaban J connectivity index is 1.48. The zero-order valence-electron chi connectivity index (χ0n) is 22.2. The van der Waals surface area contributed by atoms with E-state index in [1.54, 1.807) is 77.4 Å². The third-order valence-electron chi connectivity index (χ3n) is 6.16. The number of nitrogens with zero attached hydrogens (tertiary/aromatic N) is 4. The van der Waals surface area contributed by atoms with Gasteiger partial charge in [-0.05, 0) is 61.5 Å². The minimum atomic E-state index is -3.95. The van der Waals surface area contributed by atoms with Gasteiger partial charge in [0, 0.05) is 17.1 Å². The molecule has 0 aliphatic heterocycles. The van der Waals surface area contributed by atoms with Gasteiger partial charge in [0.15, 0.2) is 11.0 Å². The second kappa shape index (κ2) is 12.3. The molecule has 3 N–H and O–H groups in total. The predicted octanol–water partition coefficient (Wildman–Crippen LogP) is 5.28. The first-order valence-electron chi connectivity index (χ1n) is 12.7. The molecule has 1 aromatic heterocycles. The van der Waals surface area contributed by atoms with E-state index in [4.69, 9.17) is 5.73 Å². The zero-order valence-corrected chi connectivity index (χ0v) is 23.8. The molecule has 0 aliphatic carbocycles. The van der Waals surface area contributed by atoms with Gasteiger partial charge in [0.05, 0.1) is 22.9 Å². The van der Waals surface area contributed by atoms with Crippen molar-refractivity contribution < 1.29 is 13.2 Å². The second-order valence-electron chi connectivity index (χ2n) is 9.19. The molecule has 11 heteroatoms. The van der Waals surface area contributed by atoms with Gasteiger partial charge in [-0.25, -0.2) is 8.42 Å². The van der Waals surface area contributed by atoms with E-state index in [-0.39, 0.29) is 23.1 Å². The normalized spacial score (nSPS) is 11.2. The summed E-state index contributed by atoms with van der Waals surface area (Å²) in [5.41, 5.74) is 9.16. The lowest BCUT2D eigenvalue weighted by Gasteiger charge is -2.24. The number of carbonyl (C=O) groups is 1. The molecule has 1 amide bonds. The molecule has 0 radical (unpaired) electrons. The quantitative estimate of drug-likeness (QED) is 0.169. The number of hydrogen-bond acceptors (Lipinski definition) is 7.